The van der Waals surface area contributed by atoms with Crippen molar-refractivity contribution in [1.29, 1.82) is 0 Å². The van der Waals surface area contributed by atoms with Crippen LogP contribution in [0.5, 0.6) is 0 Å². The highest BCUT2D eigenvalue weighted by Crippen LogP contribution is 2.58. The molecule has 0 radical (unpaired) electrons. The van der Waals surface area contributed by atoms with Crippen LogP contribution in [0.4, 0.5) is 11.4 Å². The van der Waals surface area contributed by atoms with Crippen molar-refractivity contribution in [1.82, 2.24) is 0 Å². The second kappa shape index (κ2) is 9.42. The molecule has 198 valence electrons. The van der Waals surface area contributed by atoms with Gasteiger partial charge >= 0.3 is 0 Å². The minimum absolute atomic E-state index is 0.139. The monoisotopic (exact) mass is 544 g/mol. The number of anilines is 2. The van der Waals surface area contributed by atoms with Crippen LogP contribution in [0, 0.1) is 5.92 Å². The van der Waals surface area contributed by atoms with E-state index in [4.69, 9.17) is 0 Å². The van der Waals surface area contributed by atoms with Crippen LogP contribution in [0.3, 0.4) is 0 Å². The number of benzene rings is 3. The lowest BCUT2D eigenvalue weighted by atomic mass is 9.64. The van der Waals surface area contributed by atoms with E-state index in [9.17, 15) is 14.4 Å². The molecule has 3 aliphatic heterocycles. The molecule has 1 fully saturated rings. The van der Waals surface area contributed by atoms with Gasteiger partial charge in [-0.2, -0.15) is 0 Å². The summed E-state index contributed by atoms with van der Waals surface area (Å²) in [5.74, 6) is -1.51. The van der Waals surface area contributed by atoms with Gasteiger partial charge < -0.3 is 10.2 Å². The number of hydrogen-bond donors (Lipinski definition) is 1. The summed E-state index contributed by atoms with van der Waals surface area (Å²) < 4.78 is 0. The molecule has 3 aromatic carbocycles. The van der Waals surface area contributed by atoms with Crippen LogP contribution in [-0.2, 0) is 16.6 Å². The number of thiophene rings is 1. The summed E-state index contributed by atoms with van der Waals surface area (Å²) in [6, 6.07) is 25.4. The van der Waals surface area contributed by atoms with Crippen LogP contribution >= 0.6 is 11.3 Å². The number of para-hydroxylation sites is 2. The normalized spacial score (nSPS) is 24.0. The van der Waals surface area contributed by atoms with Crippen LogP contribution < -0.4 is 10.2 Å². The van der Waals surface area contributed by atoms with Crippen molar-refractivity contribution >= 4 is 46.3 Å². The molecular formula is C34H28N2O3S. The van der Waals surface area contributed by atoms with Crippen molar-refractivity contribution in [2.45, 2.75) is 37.3 Å². The SMILES string of the molecule is CCCc1ccc(C(=O)[C@@H]2[C@@H](C(=O)c3cccs3)N3c4ccccc4C=C[C@@H]3[C@]23C(=O)Nc2ccccc23)cc1. The second-order valence-electron chi connectivity index (χ2n) is 10.7. The Morgan fingerprint density at radius 1 is 0.925 bits per heavy atom. The van der Waals surface area contributed by atoms with E-state index < -0.39 is 23.4 Å². The Hall–Kier alpha value is -4.29. The standard InChI is InChI=1S/C34H28N2O3S/c1-2-8-21-14-16-23(17-15-21)31(37)29-30(32(38)27-13-7-20-40-27)36-26-12-6-3-9-22(26)18-19-28(36)34(29)24-10-4-5-11-25(24)35-33(34)39/h3-7,9-20,28-30H,2,8H2,1H3,(H,35,39)/t28-,29+,30+,34+/m1/s1. The fourth-order valence-corrected chi connectivity index (χ4v) is 7.69. The van der Waals surface area contributed by atoms with Crippen molar-refractivity contribution < 1.29 is 14.4 Å². The average molecular weight is 545 g/mol. The van der Waals surface area contributed by atoms with Crippen LogP contribution in [-0.4, -0.2) is 29.6 Å². The molecule has 0 bridgehead atoms. The Labute approximate surface area is 237 Å². The molecule has 40 heavy (non-hydrogen) atoms. The molecule has 0 unspecified atom stereocenters. The van der Waals surface area contributed by atoms with Crippen molar-refractivity contribution in [2.75, 3.05) is 10.2 Å². The maximum Gasteiger partial charge on any atom is 0.238 e. The fraction of sp³-hybridized carbons (Fsp3) is 0.206. The Balaban J connectivity index is 1.50. The van der Waals surface area contributed by atoms with E-state index >= 15 is 0 Å². The van der Waals surface area contributed by atoms with Crippen LogP contribution in [0.2, 0.25) is 0 Å². The summed E-state index contributed by atoms with van der Waals surface area (Å²) in [5, 5.41) is 4.96. The lowest BCUT2D eigenvalue weighted by Gasteiger charge is -2.37. The van der Waals surface area contributed by atoms with E-state index in [1.807, 2.05) is 107 Å². The molecule has 1 saturated heterocycles. The summed E-state index contributed by atoms with van der Waals surface area (Å²) in [4.78, 5) is 46.2. The van der Waals surface area contributed by atoms with Crippen molar-refractivity contribution in [3.63, 3.8) is 0 Å². The molecule has 5 nitrogen and oxygen atoms in total. The molecule has 1 aromatic heterocycles. The highest BCUT2D eigenvalue weighted by Gasteiger charge is 2.70. The number of carbonyl (C=O) groups is 3. The van der Waals surface area contributed by atoms with Crippen LogP contribution in [0.1, 0.15) is 50.1 Å². The predicted molar refractivity (Wildman–Crippen MR) is 159 cm³/mol. The maximum atomic E-state index is 14.8. The zero-order valence-electron chi connectivity index (χ0n) is 22.0. The largest absolute Gasteiger partial charge is 0.352 e. The highest BCUT2D eigenvalue weighted by molar-refractivity contribution is 7.12. The van der Waals surface area contributed by atoms with Gasteiger partial charge in [0.1, 0.15) is 11.5 Å². The molecule has 7 rings (SSSR count). The van der Waals surface area contributed by atoms with E-state index in [0.29, 0.717) is 16.1 Å². The topological polar surface area (TPSA) is 66.5 Å². The van der Waals surface area contributed by atoms with Crippen LogP contribution in [0.25, 0.3) is 6.08 Å². The summed E-state index contributed by atoms with van der Waals surface area (Å²) in [6.07, 6.45) is 5.96. The molecule has 0 saturated carbocycles. The highest BCUT2D eigenvalue weighted by atomic mass is 32.1. The van der Waals surface area contributed by atoms with E-state index in [-0.39, 0.29) is 17.5 Å². The number of Topliss-reactive ketones (excluding diaryl/α,β-unsaturated/α-hetero) is 2. The number of rotatable bonds is 6. The third kappa shape index (κ3) is 3.42. The van der Waals surface area contributed by atoms with Crippen molar-refractivity contribution in [3.8, 4) is 0 Å². The minimum Gasteiger partial charge on any atom is -0.352 e. The van der Waals surface area contributed by atoms with E-state index in [1.165, 1.54) is 11.3 Å². The minimum atomic E-state index is -1.28. The van der Waals surface area contributed by atoms with E-state index in [0.717, 1.165) is 35.2 Å². The van der Waals surface area contributed by atoms with Gasteiger partial charge in [-0.15, -0.1) is 11.3 Å². The van der Waals surface area contributed by atoms with Gasteiger partial charge in [0.2, 0.25) is 5.91 Å². The summed E-state index contributed by atoms with van der Waals surface area (Å²) in [7, 11) is 0. The molecule has 6 heteroatoms. The van der Waals surface area contributed by atoms with Gasteiger partial charge in [0, 0.05) is 16.9 Å². The molecule has 1 amide bonds. The Kier molecular flexibility index (Phi) is 5.82. The van der Waals surface area contributed by atoms with E-state index in [2.05, 4.69) is 12.2 Å². The number of nitrogens with one attached hydrogen (secondary N) is 1. The predicted octanol–water partition coefficient (Wildman–Crippen LogP) is 6.56. The number of ketones is 2. The van der Waals surface area contributed by atoms with Gasteiger partial charge in [-0.05, 0) is 46.7 Å². The number of fused-ring (bicyclic) bond motifs is 6. The quantitative estimate of drug-likeness (QED) is 0.279. The van der Waals surface area contributed by atoms with Crippen molar-refractivity contribution in [3.05, 3.63) is 124 Å². The number of hydrogen-bond acceptors (Lipinski definition) is 5. The molecular weight excluding hydrogens is 516 g/mol. The average Bonchev–Trinajstić information content (AvgIpc) is 3.70. The zero-order chi connectivity index (χ0) is 27.4. The summed E-state index contributed by atoms with van der Waals surface area (Å²) in [6.45, 7) is 2.12. The first-order chi connectivity index (χ1) is 19.6. The van der Waals surface area contributed by atoms with Crippen LogP contribution in [0.15, 0.2) is 96.4 Å². The third-order valence-corrected chi connectivity index (χ3v) is 9.52. The van der Waals surface area contributed by atoms with Gasteiger partial charge in [0.05, 0.1) is 16.8 Å². The lowest BCUT2D eigenvalue weighted by Crippen LogP contribution is -2.51. The summed E-state index contributed by atoms with van der Waals surface area (Å²) in [5.41, 5.74) is 3.67. The number of aryl methyl sites for hydroxylation is 1. The van der Waals surface area contributed by atoms with Gasteiger partial charge in [-0.1, -0.05) is 92.2 Å². The second-order valence-corrected chi connectivity index (χ2v) is 11.7. The first-order valence-corrected chi connectivity index (χ1v) is 14.6. The molecule has 3 aliphatic rings. The van der Waals surface area contributed by atoms with Crippen molar-refractivity contribution in [2.24, 2.45) is 5.92 Å². The molecule has 1 N–H and O–H groups in total. The van der Waals surface area contributed by atoms with Gasteiger partial charge in [-0.25, -0.2) is 0 Å². The molecule has 4 heterocycles. The van der Waals surface area contributed by atoms with Gasteiger partial charge in [-0.3, -0.25) is 14.4 Å². The van der Waals surface area contributed by atoms with Gasteiger partial charge in [0.15, 0.2) is 11.6 Å². The lowest BCUT2D eigenvalue weighted by molar-refractivity contribution is -0.121. The fourth-order valence-electron chi connectivity index (χ4n) is 6.99. The first kappa shape index (κ1) is 24.7. The maximum absolute atomic E-state index is 14.8. The number of carbonyl (C=O) groups excluding carboxylic acids is 3. The molecule has 4 aromatic rings. The molecule has 1 spiro atoms. The zero-order valence-corrected chi connectivity index (χ0v) is 22.9. The molecule has 4 atom stereocenters. The summed E-state index contributed by atoms with van der Waals surface area (Å²) >= 11 is 1.37. The first-order valence-electron chi connectivity index (χ1n) is 13.7. The third-order valence-electron chi connectivity index (χ3n) is 8.63. The number of nitrogens with zero attached hydrogens (tertiary/aromatic N) is 1. The Morgan fingerprint density at radius 3 is 2.48 bits per heavy atom. The van der Waals surface area contributed by atoms with E-state index in [1.54, 1.807) is 0 Å². The Morgan fingerprint density at radius 2 is 1.70 bits per heavy atom. The number of amides is 1. The smallest absolute Gasteiger partial charge is 0.238 e. The van der Waals surface area contributed by atoms with Gasteiger partial charge in [0.25, 0.3) is 0 Å². The Bertz CT molecular complexity index is 1670. The molecule has 0 aliphatic carbocycles.